The van der Waals surface area contributed by atoms with Crippen LogP contribution in [0, 0.1) is 5.41 Å². The summed E-state index contributed by atoms with van der Waals surface area (Å²) in [5, 5.41) is 3.14. The second-order valence-corrected chi connectivity index (χ2v) is 6.20. The van der Waals surface area contributed by atoms with Crippen LogP contribution in [-0.4, -0.2) is 19.1 Å². The molecule has 19 heavy (non-hydrogen) atoms. The van der Waals surface area contributed by atoms with E-state index in [1.807, 2.05) is 24.3 Å². The molecule has 1 fully saturated rings. The minimum Gasteiger partial charge on any atom is -0.497 e. The van der Waals surface area contributed by atoms with E-state index in [1.54, 1.807) is 7.11 Å². The van der Waals surface area contributed by atoms with Gasteiger partial charge >= 0.3 is 0 Å². The van der Waals surface area contributed by atoms with Gasteiger partial charge in [-0.1, -0.05) is 26.0 Å². The van der Waals surface area contributed by atoms with Crippen LogP contribution in [0.3, 0.4) is 0 Å². The summed E-state index contributed by atoms with van der Waals surface area (Å²) < 4.78 is 5.17. The second kappa shape index (κ2) is 5.64. The first-order valence-corrected chi connectivity index (χ1v) is 6.91. The largest absolute Gasteiger partial charge is 0.497 e. The zero-order chi connectivity index (χ0) is 13.9. The van der Waals surface area contributed by atoms with Crippen LogP contribution < -0.4 is 10.1 Å². The molecule has 0 heterocycles. The van der Waals surface area contributed by atoms with Crippen LogP contribution in [0.4, 0.5) is 0 Å². The highest BCUT2D eigenvalue weighted by molar-refractivity contribution is 5.79. The minimum atomic E-state index is 0.107. The van der Waals surface area contributed by atoms with Crippen molar-refractivity contribution >= 4 is 5.91 Å². The van der Waals surface area contributed by atoms with Crippen molar-refractivity contribution in [3.63, 3.8) is 0 Å². The molecule has 0 spiro atoms. The normalized spacial score (nSPS) is 21.1. The summed E-state index contributed by atoms with van der Waals surface area (Å²) in [5.74, 6) is 0.906. The van der Waals surface area contributed by atoms with Gasteiger partial charge in [0.05, 0.1) is 13.5 Å². The number of ether oxygens (including phenoxy) is 1. The molecule has 0 bridgehead atoms. The van der Waals surface area contributed by atoms with Gasteiger partial charge in [-0.3, -0.25) is 4.79 Å². The van der Waals surface area contributed by atoms with Gasteiger partial charge in [0.2, 0.25) is 5.91 Å². The lowest BCUT2D eigenvalue weighted by Crippen LogP contribution is -2.34. The third-order valence-electron chi connectivity index (χ3n) is 3.83. The van der Waals surface area contributed by atoms with Crippen LogP contribution in [0.1, 0.15) is 38.7 Å². The van der Waals surface area contributed by atoms with Crippen molar-refractivity contribution < 1.29 is 9.53 Å². The van der Waals surface area contributed by atoms with Gasteiger partial charge in [0.25, 0.3) is 0 Å². The maximum atomic E-state index is 12.0. The summed E-state index contributed by atoms with van der Waals surface area (Å²) in [7, 11) is 1.64. The van der Waals surface area contributed by atoms with Crippen molar-refractivity contribution in [2.75, 3.05) is 7.11 Å². The maximum Gasteiger partial charge on any atom is 0.224 e. The number of rotatable bonds is 4. The molecule has 1 aliphatic rings. The van der Waals surface area contributed by atoms with Gasteiger partial charge in [0.15, 0.2) is 0 Å². The minimum absolute atomic E-state index is 0.107. The lowest BCUT2D eigenvalue weighted by molar-refractivity contribution is -0.121. The fourth-order valence-corrected chi connectivity index (χ4v) is 2.81. The molecule has 1 amide bonds. The Morgan fingerprint density at radius 2 is 2.26 bits per heavy atom. The maximum absolute atomic E-state index is 12.0. The first-order valence-electron chi connectivity index (χ1n) is 6.91. The summed E-state index contributed by atoms with van der Waals surface area (Å²) >= 11 is 0. The molecule has 0 saturated heterocycles. The van der Waals surface area contributed by atoms with Crippen molar-refractivity contribution in [1.82, 2.24) is 5.32 Å². The Morgan fingerprint density at radius 3 is 2.89 bits per heavy atom. The van der Waals surface area contributed by atoms with Gasteiger partial charge < -0.3 is 10.1 Å². The van der Waals surface area contributed by atoms with Gasteiger partial charge in [0, 0.05) is 6.04 Å². The third-order valence-corrected chi connectivity index (χ3v) is 3.83. The molecule has 1 aromatic carbocycles. The van der Waals surface area contributed by atoms with E-state index in [1.165, 1.54) is 6.42 Å². The van der Waals surface area contributed by atoms with E-state index in [4.69, 9.17) is 4.74 Å². The van der Waals surface area contributed by atoms with E-state index in [2.05, 4.69) is 19.2 Å². The van der Waals surface area contributed by atoms with Crippen LogP contribution in [0.15, 0.2) is 24.3 Å². The lowest BCUT2D eigenvalue weighted by Gasteiger charge is -2.17. The summed E-state index contributed by atoms with van der Waals surface area (Å²) in [4.78, 5) is 12.0. The van der Waals surface area contributed by atoms with E-state index in [9.17, 15) is 4.79 Å². The molecule has 1 saturated carbocycles. The number of methoxy groups -OCH3 is 1. The highest BCUT2D eigenvalue weighted by atomic mass is 16.5. The van der Waals surface area contributed by atoms with Gasteiger partial charge in [-0.05, 0) is 42.4 Å². The quantitative estimate of drug-likeness (QED) is 0.905. The molecule has 3 nitrogen and oxygen atoms in total. The fraction of sp³-hybridized carbons (Fsp3) is 0.562. The molecule has 1 unspecified atom stereocenters. The van der Waals surface area contributed by atoms with E-state index >= 15 is 0 Å². The van der Waals surface area contributed by atoms with E-state index < -0.39 is 0 Å². The zero-order valence-corrected chi connectivity index (χ0v) is 12.0. The van der Waals surface area contributed by atoms with Crippen molar-refractivity contribution in [3.05, 3.63) is 29.8 Å². The summed E-state index contributed by atoms with van der Waals surface area (Å²) in [6.45, 7) is 4.53. The first-order chi connectivity index (χ1) is 8.98. The molecular formula is C16H23NO2. The predicted octanol–water partition coefficient (Wildman–Crippen LogP) is 2.93. The molecule has 1 aromatic rings. The number of carbonyl (C=O) groups is 1. The summed E-state index contributed by atoms with van der Waals surface area (Å²) in [5.41, 5.74) is 1.36. The highest BCUT2D eigenvalue weighted by Gasteiger charge is 2.31. The number of nitrogens with one attached hydrogen (secondary N) is 1. The van der Waals surface area contributed by atoms with Gasteiger partial charge in [-0.2, -0.15) is 0 Å². The molecule has 1 aliphatic carbocycles. The number of carbonyl (C=O) groups excluding carboxylic acids is 1. The fourth-order valence-electron chi connectivity index (χ4n) is 2.81. The third kappa shape index (κ3) is 3.98. The average Bonchev–Trinajstić information content (AvgIpc) is 2.68. The monoisotopic (exact) mass is 261 g/mol. The Bertz CT molecular complexity index is 454. The Hall–Kier alpha value is -1.51. The molecule has 0 aliphatic heterocycles. The van der Waals surface area contributed by atoms with Crippen molar-refractivity contribution in [2.45, 2.75) is 45.6 Å². The molecule has 0 aromatic heterocycles. The molecule has 104 valence electrons. The Kier molecular flexibility index (Phi) is 4.13. The average molecular weight is 261 g/mol. The van der Waals surface area contributed by atoms with Gasteiger partial charge in [-0.25, -0.2) is 0 Å². The van der Waals surface area contributed by atoms with E-state index in [0.29, 0.717) is 17.9 Å². The lowest BCUT2D eigenvalue weighted by atomic mass is 9.92. The Morgan fingerprint density at radius 1 is 1.47 bits per heavy atom. The summed E-state index contributed by atoms with van der Waals surface area (Å²) in [6, 6.07) is 8.02. The van der Waals surface area contributed by atoms with Crippen LogP contribution in [0.25, 0.3) is 0 Å². The molecule has 1 atom stereocenters. The smallest absolute Gasteiger partial charge is 0.224 e. The molecular weight excluding hydrogens is 238 g/mol. The standard InChI is InChI=1S/C16H23NO2/c1-16(2)8-7-13(11-16)17-15(18)10-12-5-4-6-14(9-12)19-3/h4-6,9,13H,7-8,10-11H2,1-3H3,(H,17,18). The molecule has 2 rings (SSSR count). The molecule has 3 heteroatoms. The second-order valence-electron chi connectivity index (χ2n) is 6.20. The SMILES string of the molecule is COc1cccc(CC(=O)NC2CCC(C)(C)C2)c1. The Labute approximate surface area is 115 Å². The highest BCUT2D eigenvalue weighted by Crippen LogP contribution is 2.36. The van der Waals surface area contributed by atoms with Crippen LogP contribution in [0.2, 0.25) is 0 Å². The first kappa shape index (κ1) is 13.9. The number of hydrogen-bond acceptors (Lipinski definition) is 2. The van der Waals surface area contributed by atoms with Crippen LogP contribution in [-0.2, 0) is 11.2 Å². The topological polar surface area (TPSA) is 38.3 Å². The Balaban J connectivity index is 1.87. The van der Waals surface area contributed by atoms with Gasteiger partial charge in [0.1, 0.15) is 5.75 Å². The molecule has 1 N–H and O–H groups in total. The van der Waals surface area contributed by atoms with Crippen molar-refractivity contribution in [2.24, 2.45) is 5.41 Å². The number of benzene rings is 1. The van der Waals surface area contributed by atoms with Crippen molar-refractivity contribution in [1.29, 1.82) is 0 Å². The van der Waals surface area contributed by atoms with Gasteiger partial charge in [-0.15, -0.1) is 0 Å². The van der Waals surface area contributed by atoms with E-state index in [-0.39, 0.29) is 5.91 Å². The zero-order valence-electron chi connectivity index (χ0n) is 12.0. The predicted molar refractivity (Wildman–Crippen MR) is 76.3 cm³/mol. The van der Waals surface area contributed by atoms with Crippen LogP contribution in [0.5, 0.6) is 5.75 Å². The summed E-state index contributed by atoms with van der Waals surface area (Å²) in [6.07, 6.45) is 3.79. The number of amides is 1. The van der Waals surface area contributed by atoms with Crippen molar-refractivity contribution in [3.8, 4) is 5.75 Å². The number of hydrogen-bond donors (Lipinski definition) is 1. The van der Waals surface area contributed by atoms with Crippen LogP contribution >= 0.6 is 0 Å². The van der Waals surface area contributed by atoms with E-state index in [0.717, 1.165) is 24.2 Å². The molecule has 0 radical (unpaired) electrons.